The van der Waals surface area contributed by atoms with Crippen molar-refractivity contribution in [1.29, 1.82) is 0 Å². The standard InChI is InChI=1S/C33H26O9/c34-29(22-13-5-1-6-14-22)38-21-26-27(40-30(35)23-15-7-2-8-16-23)28(41-31(36)24-17-9-3-10-18-24)33(39-26)42-32(37)25-19-11-4-12-20-25/h1-20,26-28,33H,21H2/t26-,27-,28-,33?/m1/s1. The fourth-order valence-corrected chi connectivity index (χ4v) is 4.28. The summed E-state index contributed by atoms with van der Waals surface area (Å²) >= 11 is 0. The number of ether oxygens (including phenoxy) is 5. The zero-order chi connectivity index (χ0) is 29.3. The Kier molecular flexibility index (Phi) is 9.00. The predicted molar refractivity (Wildman–Crippen MR) is 149 cm³/mol. The number of carbonyl (C=O) groups is 4. The Bertz CT molecular complexity index is 1510. The highest BCUT2D eigenvalue weighted by atomic mass is 16.8. The van der Waals surface area contributed by atoms with Gasteiger partial charge in [-0.1, -0.05) is 72.8 Å². The van der Waals surface area contributed by atoms with Gasteiger partial charge in [0, 0.05) is 0 Å². The molecule has 0 aromatic heterocycles. The number of hydrogen-bond donors (Lipinski definition) is 0. The van der Waals surface area contributed by atoms with E-state index in [4.69, 9.17) is 23.7 Å². The predicted octanol–water partition coefficient (Wildman–Crippen LogP) is 4.88. The average molecular weight is 567 g/mol. The van der Waals surface area contributed by atoms with Gasteiger partial charge in [0.05, 0.1) is 22.3 Å². The van der Waals surface area contributed by atoms with E-state index >= 15 is 0 Å². The lowest BCUT2D eigenvalue weighted by Crippen LogP contribution is -2.42. The van der Waals surface area contributed by atoms with Crippen LogP contribution in [0.2, 0.25) is 0 Å². The van der Waals surface area contributed by atoms with Gasteiger partial charge in [-0.3, -0.25) is 0 Å². The number of benzene rings is 4. The van der Waals surface area contributed by atoms with Crippen LogP contribution in [-0.4, -0.2) is 55.1 Å². The second-order valence-corrected chi connectivity index (χ2v) is 9.25. The molecule has 0 aliphatic carbocycles. The Labute approximate surface area is 241 Å². The Hall–Kier alpha value is -5.28. The lowest BCUT2D eigenvalue weighted by atomic mass is 10.1. The quantitative estimate of drug-likeness (QED) is 0.207. The highest BCUT2D eigenvalue weighted by Crippen LogP contribution is 2.30. The molecule has 0 N–H and O–H groups in total. The van der Waals surface area contributed by atoms with E-state index in [0.717, 1.165) is 0 Å². The summed E-state index contributed by atoms with van der Waals surface area (Å²) in [7, 11) is 0. The normalized spacial score (nSPS) is 19.3. The van der Waals surface area contributed by atoms with Gasteiger partial charge in [-0.2, -0.15) is 0 Å². The van der Waals surface area contributed by atoms with Gasteiger partial charge in [-0.25, -0.2) is 19.2 Å². The molecule has 212 valence electrons. The molecule has 1 saturated heterocycles. The van der Waals surface area contributed by atoms with Crippen molar-refractivity contribution in [3.8, 4) is 0 Å². The van der Waals surface area contributed by atoms with Crippen LogP contribution in [-0.2, 0) is 23.7 Å². The first-order valence-electron chi connectivity index (χ1n) is 13.2. The summed E-state index contributed by atoms with van der Waals surface area (Å²) in [6.07, 6.45) is -5.33. The highest BCUT2D eigenvalue weighted by Gasteiger charge is 2.52. The third kappa shape index (κ3) is 6.89. The summed E-state index contributed by atoms with van der Waals surface area (Å²) < 4.78 is 28.6. The van der Waals surface area contributed by atoms with Crippen LogP contribution in [0, 0.1) is 0 Å². The Balaban J connectivity index is 1.43. The molecule has 0 bridgehead atoms. The monoisotopic (exact) mass is 566 g/mol. The van der Waals surface area contributed by atoms with E-state index in [1.807, 2.05) is 0 Å². The van der Waals surface area contributed by atoms with Crippen molar-refractivity contribution in [3.63, 3.8) is 0 Å². The lowest BCUT2D eigenvalue weighted by molar-refractivity contribution is -0.141. The number of hydrogen-bond acceptors (Lipinski definition) is 9. The van der Waals surface area contributed by atoms with Gasteiger partial charge in [0.1, 0.15) is 12.7 Å². The summed E-state index contributed by atoms with van der Waals surface area (Å²) in [5.41, 5.74) is 0.978. The fraction of sp³-hybridized carbons (Fsp3) is 0.152. The molecule has 4 aromatic rings. The Morgan fingerprint density at radius 2 is 0.833 bits per heavy atom. The van der Waals surface area contributed by atoms with Crippen LogP contribution >= 0.6 is 0 Å². The van der Waals surface area contributed by atoms with Crippen LogP contribution < -0.4 is 0 Å². The zero-order valence-electron chi connectivity index (χ0n) is 22.2. The zero-order valence-corrected chi connectivity index (χ0v) is 22.2. The van der Waals surface area contributed by atoms with Crippen LogP contribution in [0.25, 0.3) is 0 Å². The second kappa shape index (κ2) is 13.4. The molecule has 4 atom stereocenters. The molecule has 1 aliphatic heterocycles. The molecule has 0 spiro atoms. The molecule has 0 amide bonds. The van der Waals surface area contributed by atoms with Crippen molar-refractivity contribution in [2.45, 2.75) is 24.6 Å². The maximum absolute atomic E-state index is 13.1. The van der Waals surface area contributed by atoms with Crippen LogP contribution in [0.4, 0.5) is 0 Å². The molecule has 0 radical (unpaired) electrons. The van der Waals surface area contributed by atoms with Gasteiger partial charge in [0.15, 0.2) is 6.10 Å². The average Bonchev–Trinajstić information content (AvgIpc) is 3.35. The smallest absolute Gasteiger partial charge is 0.340 e. The molecule has 0 saturated carbocycles. The van der Waals surface area contributed by atoms with E-state index in [1.165, 1.54) is 0 Å². The van der Waals surface area contributed by atoms with Crippen molar-refractivity contribution in [2.24, 2.45) is 0 Å². The molecule has 1 fully saturated rings. The molecule has 5 rings (SSSR count). The Morgan fingerprint density at radius 3 is 1.26 bits per heavy atom. The maximum atomic E-state index is 13.1. The molecule has 1 aliphatic rings. The van der Waals surface area contributed by atoms with Crippen LogP contribution in [0.5, 0.6) is 0 Å². The molecule has 9 nitrogen and oxygen atoms in total. The molecule has 1 heterocycles. The van der Waals surface area contributed by atoms with Gasteiger partial charge in [0.25, 0.3) is 0 Å². The summed E-state index contributed by atoms with van der Waals surface area (Å²) in [6.45, 7) is -0.390. The molecular weight excluding hydrogens is 540 g/mol. The van der Waals surface area contributed by atoms with E-state index < -0.39 is 48.5 Å². The number of carbonyl (C=O) groups excluding carboxylic acids is 4. The van der Waals surface area contributed by atoms with Gasteiger partial charge in [-0.15, -0.1) is 0 Å². The van der Waals surface area contributed by atoms with E-state index in [2.05, 4.69) is 0 Å². The minimum absolute atomic E-state index is 0.220. The number of esters is 4. The molecule has 1 unspecified atom stereocenters. The van der Waals surface area contributed by atoms with E-state index in [1.54, 1.807) is 121 Å². The third-order valence-corrected chi connectivity index (χ3v) is 6.39. The van der Waals surface area contributed by atoms with Crippen LogP contribution in [0.3, 0.4) is 0 Å². The second-order valence-electron chi connectivity index (χ2n) is 9.25. The first-order chi connectivity index (χ1) is 20.5. The third-order valence-electron chi connectivity index (χ3n) is 6.39. The highest BCUT2D eigenvalue weighted by molar-refractivity contribution is 5.91. The molecule has 42 heavy (non-hydrogen) atoms. The van der Waals surface area contributed by atoms with E-state index in [-0.39, 0.29) is 23.3 Å². The maximum Gasteiger partial charge on any atom is 0.340 e. The van der Waals surface area contributed by atoms with Crippen molar-refractivity contribution in [1.82, 2.24) is 0 Å². The van der Waals surface area contributed by atoms with Gasteiger partial charge in [-0.05, 0) is 48.5 Å². The summed E-state index contributed by atoms with van der Waals surface area (Å²) in [5.74, 6) is -2.89. The largest absolute Gasteiger partial charge is 0.459 e. The number of rotatable bonds is 9. The minimum atomic E-state index is -1.49. The Morgan fingerprint density at radius 1 is 0.476 bits per heavy atom. The summed E-state index contributed by atoms with van der Waals surface area (Å²) in [6, 6.07) is 32.8. The van der Waals surface area contributed by atoms with Crippen LogP contribution in [0.1, 0.15) is 41.4 Å². The van der Waals surface area contributed by atoms with Crippen molar-refractivity contribution in [3.05, 3.63) is 144 Å². The van der Waals surface area contributed by atoms with E-state index in [9.17, 15) is 19.2 Å². The summed E-state index contributed by atoms with van der Waals surface area (Å²) in [4.78, 5) is 51.9. The SMILES string of the molecule is O=C(OC[C@H]1OC(OC(=O)c2ccccc2)[C@H](OC(=O)c2ccccc2)[C@@H]1OC(=O)c1ccccc1)c1ccccc1. The van der Waals surface area contributed by atoms with E-state index in [0.29, 0.717) is 5.56 Å². The van der Waals surface area contributed by atoms with Crippen molar-refractivity contribution < 1.29 is 42.9 Å². The summed E-state index contributed by atoms with van der Waals surface area (Å²) in [5, 5.41) is 0. The molecule has 4 aromatic carbocycles. The molecule has 9 heteroatoms. The van der Waals surface area contributed by atoms with Gasteiger partial charge < -0.3 is 23.7 Å². The van der Waals surface area contributed by atoms with Gasteiger partial charge in [0.2, 0.25) is 12.4 Å². The minimum Gasteiger partial charge on any atom is -0.459 e. The first kappa shape index (κ1) is 28.3. The molecular formula is C33H26O9. The van der Waals surface area contributed by atoms with Gasteiger partial charge >= 0.3 is 23.9 Å². The fourth-order valence-electron chi connectivity index (χ4n) is 4.28. The van der Waals surface area contributed by atoms with Crippen molar-refractivity contribution in [2.75, 3.05) is 6.61 Å². The van der Waals surface area contributed by atoms with Crippen molar-refractivity contribution >= 4 is 23.9 Å². The van der Waals surface area contributed by atoms with Crippen LogP contribution in [0.15, 0.2) is 121 Å². The lowest BCUT2D eigenvalue weighted by Gasteiger charge is -2.24. The first-order valence-corrected chi connectivity index (χ1v) is 13.2. The topological polar surface area (TPSA) is 114 Å².